The molecule has 1 aliphatic heterocycles. The summed E-state index contributed by atoms with van der Waals surface area (Å²) in [4.78, 5) is 15.8. The lowest BCUT2D eigenvalue weighted by Crippen LogP contribution is -2.33. The lowest BCUT2D eigenvalue weighted by Gasteiger charge is -2.22. The summed E-state index contributed by atoms with van der Waals surface area (Å²) in [7, 11) is 0. The smallest absolute Gasteiger partial charge is 0.226 e. The maximum absolute atomic E-state index is 11.8. The fourth-order valence-corrected chi connectivity index (χ4v) is 2.11. The van der Waals surface area contributed by atoms with E-state index in [2.05, 4.69) is 15.6 Å². The number of amides is 1. The molecule has 0 unspecified atom stereocenters. The van der Waals surface area contributed by atoms with Gasteiger partial charge in [0.1, 0.15) is 0 Å². The lowest BCUT2D eigenvalue weighted by molar-refractivity contribution is -0.117. The first-order valence-corrected chi connectivity index (χ1v) is 6.78. The number of nitrogens with zero attached hydrogens (tertiary/aromatic N) is 1. The molecule has 0 spiro atoms. The Bertz CT molecular complexity index is 417. The third-order valence-electron chi connectivity index (χ3n) is 3.26. The van der Waals surface area contributed by atoms with Crippen LogP contribution in [0.2, 0.25) is 0 Å². The van der Waals surface area contributed by atoms with Gasteiger partial charge in [0.25, 0.3) is 0 Å². The van der Waals surface area contributed by atoms with Crippen molar-refractivity contribution in [1.82, 2.24) is 10.3 Å². The van der Waals surface area contributed by atoms with Gasteiger partial charge in [0.2, 0.25) is 5.91 Å². The van der Waals surface area contributed by atoms with Gasteiger partial charge in [0, 0.05) is 18.1 Å². The van der Waals surface area contributed by atoms with Gasteiger partial charge >= 0.3 is 0 Å². The molecule has 104 valence electrons. The third kappa shape index (κ3) is 4.61. The molecule has 2 rings (SSSR count). The van der Waals surface area contributed by atoms with E-state index in [4.69, 9.17) is 4.74 Å². The van der Waals surface area contributed by atoms with Crippen LogP contribution in [0.15, 0.2) is 18.5 Å². The van der Waals surface area contributed by atoms with Crippen molar-refractivity contribution in [2.75, 3.05) is 25.0 Å². The molecule has 0 aromatic carbocycles. The first kappa shape index (κ1) is 14.0. The molecule has 5 nitrogen and oxygen atoms in total. The number of ether oxygens (including phenoxy) is 1. The minimum absolute atomic E-state index is 0.0109. The van der Waals surface area contributed by atoms with Crippen molar-refractivity contribution in [3.05, 3.63) is 24.0 Å². The van der Waals surface area contributed by atoms with Crippen molar-refractivity contribution in [2.24, 2.45) is 0 Å². The van der Waals surface area contributed by atoms with E-state index >= 15 is 0 Å². The number of hydrogen-bond acceptors (Lipinski definition) is 4. The number of nitrogens with one attached hydrogen (secondary N) is 2. The molecule has 0 atom stereocenters. The molecule has 0 aliphatic carbocycles. The number of aromatic nitrogens is 1. The maximum atomic E-state index is 11.8. The Kier molecular flexibility index (Phi) is 5.30. The van der Waals surface area contributed by atoms with Crippen molar-refractivity contribution in [3.8, 4) is 0 Å². The second-order valence-corrected chi connectivity index (χ2v) is 4.81. The zero-order valence-electron chi connectivity index (χ0n) is 11.3. The standard InChI is InChI=1S/C14H21N3O2/c1-11-10-16-8-4-13(11)17-14(18)5-9-19-12-2-6-15-7-3-12/h4,8,10,12,15H,2-3,5-7,9H2,1H3,(H,16,17,18). The monoisotopic (exact) mass is 263 g/mol. The highest BCUT2D eigenvalue weighted by Crippen LogP contribution is 2.12. The Hall–Kier alpha value is -1.46. The second-order valence-electron chi connectivity index (χ2n) is 4.81. The Balaban J connectivity index is 1.68. The van der Waals surface area contributed by atoms with Crippen molar-refractivity contribution >= 4 is 11.6 Å². The summed E-state index contributed by atoms with van der Waals surface area (Å²) in [6, 6.07) is 1.81. The van der Waals surface area contributed by atoms with Gasteiger partial charge in [0.15, 0.2) is 0 Å². The number of hydrogen-bond donors (Lipinski definition) is 2. The second kappa shape index (κ2) is 7.21. The largest absolute Gasteiger partial charge is 0.378 e. The Morgan fingerprint density at radius 1 is 1.53 bits per heavy atom. The van der Waals surface area contributed by atoms with Crippen LogP contribution < -0.4 is 10.6 Å². The zero-order chi connectivity index (χ0) is 13.5. The number of anilines is 1. The van der Waals surface area contributed by atoms with Crippen LogP contribution in [0, 0.1) is 6.92 Å². The molecule has 1 saturated heterocycles. The van der Waals surface area contributed by atoms with Crippen LogP contribution in [0.25, 0.3) is 0 Å². The lowest BCUT2D eigenvalue weighted by atomic mass is 10.1. The van der Waals surface area contributed by atoms with E-state index in [1.165, 1.54) is 0 Å². The summed E-state index contributed by atoms with van der Waals surface area (Å²) in [6.07, 6.45) is 6.17. The molecule has 1 aromatic heterocycles. The van der Waals surface area contributed by atoms with E-state index in [9.17, 15) is 4.79 Å². The average molecular weight is 263 g/mol. The van der Waals surface area contributed by atoms with Crippen LogP contribution in [0.3, 0.4) is 0 Å². The molecule has 1 aliphatic rings. The summed E-state index contributed by atoms with van der Waals surface area (Å²) in [5.74, 6) is -0.0109. The van der Waals surface area contributed by atoms with Crippen molar-refractivity contribution in [3.63, 3.8) is 0 Å². The maximum Gasteiger partial charge on any atom is 0.226 e. The summed E-state index contributed by atoms with van der Waals surface area (Å²) in [5.41, 5.74) is 1.79. The van der Waals surface area contributed by atoms with Crippen LogP contribution in [-0.2, 0) is 9.53 Å². The zero-order valence-corrected chi connectivity index (χ0v) is 11.3. The number of rotatable bonds is 5. The molecule has 0 radical (unpaired) electrons. The molecular weight excluding hydrogens is 242 g/mol. The number of piperidine rings is 1. The quantitative estimate of drug-likeness (QED) is 0.845. The molecule has 1 amide bonds. The van der Waals surface area contributed by atoms with E-state index in [0.717, 1.165) is 37.2 Å². The van der Waals surface area contributed by atoms with E-state index in [1.54, 1.807) is 18.5 Å². The van der Waals surface area contributed by atoms with E-state index in [1.807, 2.05) is 6.92 Å². The Labute approximate surface area is 113 Å². The highest BCUT2D eigenvalue weighted by Gasteiger charge is 2.13. The molecule has 2 N–H and O–H groups in total. The minimum atomic E-state index is -0.0109. The number of aryl methyl sites for hydroxylation is 1. The van der Waals surface area contributed by atoms with Gasteiger partial charge in [-0.15, -0.1) is 0 Å². The average Bonchev–Trinajstić information content (AvgIpc) is 2.43. The molecule has 19 heavy (non-hydrogen) atoms. The SMILES string of the molecule is Cc1cnccc1NC(=O)CCOC1CCNCC1. The number of carbonyl (C=O) groups excluding carboxylic acids is 1. The fourth-order valence-electron chi connectivity index (χ4n) is 2.11. The highest BCUT2D eigenvalue weighted by atomic mass is 16.5. The topological polar surface area (TPSA) is 63.2 Å². The first-order valence-electron chi connectivity index (χ1n) is 6.78. The molecular formula is C14H21N3O2. The van der Waals surface area contributed by atoms with Crippen LogP contribution in [0.4, 0.5) is 5.69 Å². The van der Waals surface area contributed by atoms with Gasteiger partial charge in [-0.1, -0.05) is 0 Å². The Morgan fingerprint density at radius 2 is 2.32 bits per heavy atom. The summed E-state index contributed by atoms with van der Waals surface area (Å²) < 4.78 is 5.71. The summed E-state index contributed by atoms with van der Waals surface area (Å²) in [5, 5.41) is 6.16. The van der Waals surface area contributed by atoms with Crippen molar-refractivity contribution in [2.45, 2.75) is 32.3 Å². The van der Waals surface area contributed by atoms with Gasteiger partial charge in [-0.25, -0.2) is 0 Å². The van der Waals surface area contributed by atoms with Crippen LogP contribution in [0.1, 0.15) is 24.8 Å². The minimum Gasteiger partial charge on any atom is -0.378 e. The van der Waals surface area contributed by atoms with Gasteiger partial charge in [0.05, 0.1) is 19.1 Å². The molecule has 0 bridgehead atoms. The van der Waals surface area contributed by atoms with E-state index < -0.39 is 0 Å². The number of pyridine rings is 1. The molecule has 2 heterocycles. The normalized spacial score (nSPS) is 16.3. The highest BCUT2D eigenvalue weighted by molar-refractivity contribution is 5.91. The van der Waals surface area contributed by atoms with Gasteiger partial charge in [-0.2, -0.15) is 0 Å². The fraction of sp³-hybridized carbons (Fsp3) is 0.571. The van der Waals surface area contributed by atoms with Crippen molar-refractivity contribution < 1.29 is 9.53 Å². The van der Waals surface area contributed by atoms with Gasteiger partial charge in [-0.05, 0) is 44.5 Å². The van der Waals surface area contributed by atoms with Crippen LogP contribution in [-0.4, -0.2) is 36.7 Å². The third-order valence-corrected chi connectivity index (χ3v) is 3.26. The van der Waals surface area contributed by atoms with Crippen LogP contribution in [0.5, 0.6) is 0 Å². The van der Waals surface area contributed by atoms with Gasteiger partial charge < -0.3 is 15.4 Å². The first-order chi connectivity index (χ1) is 9.25. The van der Waals surface area contributed by atoms with Crippen LogP contribution >= 0.6 is 0 Å². The molecule has 0 saturated carbocycles. The van der Waals surface area contributed by atoms with E-state index in [0.29, 0.717) is 19.1 Å². The van der Waals surface area contributed by atoms with Gasteiger partial charge in [-0.3, -0.25) is 9.78 Å². The molecule has 1 fully saturated rings. The molecule has 5 heteroatoms. The Morgan fingerprint density at radius 3 is 3.05 bits per heavy atom. The molecule has 1 aromatic rings. The predicted molar refractivity (Wildman–Crippen MR) is 74.1 cm³/mol. The summed E-state index contributed by atoms with van der Waals surface area (Å²) in [6.45, 7) is 4.43. The predicted octanol–water partition coefficient (Wildman–Crippen LogP) is 1.49. The summed E-state index contributed by atoms with van der Waals surface area (Å²) >= 11 is 0. The number of carbonyl (C=O) groups is 1. The van der Waals surface area contributed by atoms with E-state index in [-0.39, 0.29) is 5.91 Å². The van der Waals surface area contributed by atoms with Crippen molar-refractivity contribution in [1.29, 1.82) is 0 Å².